The number of rotatable bonds is 5. The van der Waals surface area contributed by atoms with Crippen LogP contribution >= 0.6 is 0 Å². The molecule has 1 saturated heterocycles. The maximum Gasteiger partial charge on any atom is 0.243 e. The van der Waals surface area contributed by atoms with Gasteiger partial charge in [0.2, 0.25) is 10.0 Å². The average Bonchev–Trinajstić information content (AvgIpc) is 2.49. The third-order valence-corrected chi connectivity index (χ3v) is 5.77. The quantitative estimate of drug-likeness (QED) is 0.876. The Morgan fingerprint density at radius 1 is 1.24 bits per heavy atom. The van der Waals surface area contributed by atoms with Crippen LogP contribution in [-0.4, -0.2) is 57.4 Å². The summed E-state index contributed by atoms with van der Waals surface area (Å²) in [6.45, 7) is 5.69. The summed E-state index contributed by atoms with van der Waals surface area (Å²) in [5.41, 5.74) is 0.594. The molecule has 2 rings (SSSR count). The monoisotopic (exact) mass is 315 g/mol. The highest BCUT2D eigenvalue weighted by molar-refractivity contribution is 7.89. The second-order valence-electron chi connectivity index (χ2n) is 5.12. The molecule has 0 bridgehead atoms. The lowest BCUT2D eigenvalue weighted by Crippen LogP contribution is -2.48. The highest BCUT2D eigenvalue weighted by atomic mass is 32.2. The van der Waals surface area contributed by atoms with Crippen LogP contribution in [-0.2, 0) is 16.6 Å². The summed E-state index contributed by atoms with van der Waals surface area (Å²) in [5.74, 6) is -0.527. The average molecular weight is 315 g/mol. The van der Waals surface area contributed by atoms with E-state index in [-0.39, 0.29) is 4.90 Å². The fraction of sp³-hybridized carbons (Fsp3) is 0.571. The zero-order valence-corrected chi connectivity index (χ0v) is 13.3. The number of benzene rings is 1. The maximum absolute atomic E-state index is 13.5. The van der Waals surface area contributed by atoms with Gasteiger partial charge in [0.25, 0.3) is 0 Å². The molecule has 7 heteroatoms. The van der Waals surface area contributed by atoms with Crippen LogP contribution in [0.15, 0.2) is 23.1 Å². The molecule has 1 N–H and O–H groups in total. The Morgan fingerprint density at radius 2 is 1.90 bits per heavy atom. The van der Waals surface area contributed by atoms with E-state index in [0.717, 1.165) is 12.6 Å². The van der Waals surface area contributed by atoms with E-state index >= 15 is 0 Å². The van der Waals surface area contributed by atoms with Crippen molar-refractivity contribution < 1.29 is 12.8 Å². The summed E-state index contributed by atoms with van der Waals surface area (Å²) in [4.78, 5) is 2.27. The predicted octanol–water partition coefficient (Wildman–Crippen LogP) is 0.871. The van der Waals surface area contributed by atoms with Gasteiger partial charge in [-0.2, -0.15) is 4.31 Å². The van der Waals surface area contributed by atoms with Gasteiger partial charge < -0.3 is 10.2 Å². The molecule has 1 aromatic carbocycles. The lowest BCUT2D eigenvalue weighted by molar-refractivity contribution is 0.196. The van der Waals surface area contributed by atoms with Gasteiger partial charge in [0.05, 0.1) is 4.90 Å². The van der Waals surface area contributed by atoms with Crippen LogP contribution < -0.4 is 5.32 Å². The fourth-order valence-electron chi connectivity index (χ4n) is 2.53. The Bertz CT molecular complexity index is 584. The van der Waals surface area contributed by atoms with Crippen molar-refractivity contribution in [2.45, 2.75) is 18.4 Å². The summed E-state index contributed by atoms with van der Waals surface area (Å²) >= 11 is 0. The number of nitrogens with zero attached hydrogens (tertiary/aromatic N) is 2. The Labute approximate surface area is 125 Å². The molecule has 1 heterocycles. The van der Waals surface area contributed by atoms with Crippen LogP contribution in [0.3, 0.4) is 0 Å². The highest BCUT2D eigenvalue weighted by Crippen LogP contribution is 2.22. The molecule has 0 spiro atoms. The van der Waals surface area contributed by atoms with Gasteiger partial charge in [-0.1, -0.05) is 13.0 Å². The first kappa shape index (κ1) is 16.4. The van der Waals surface area contributed by atoms with Crippen LogP contribution in [0.1, 0.15) is 12.5 Å². The summed E-state index contributed by atoms with van der Waals surface area (Å²) < 4.78 is 40.4. The standard InChI is InChI=1S/C14H22FN3O2S/c1-3-17-6-8-18(9-7-17)21(19,20)14-10-13(15)5-4-12(14)11-16-2/h4-5,10,16H,3,6-9,11H2,1-2H3. The second-order valence-corrected chi connectivity index (χ2v) is 7.03. The molecule has 118 valence electrons. The summed E-state index contributed by atoms with van der Waals surface area (Å²) in [6.07, 6.45) is 0. The van der Waals surface area contributed by atoms with Gasteiger partial charge in [-0.25, -0.2) is 12.8 Å². The van der Waals surface area contributed by atoms with Crippen LogP contribution in [0.2, 0.25) is 0 Å². The van der Waals surface area contributed by atoms with E-state index in [1.54, 1.807) is 7.05 Å². The minimum Gasteiger partial charge on any atom is -0.316 e. The Hall–Kier alpha value is -1.02. The van der Waals surface area contributed by atoms with E-state index in [0.29, 0.717) is 38.3 Å². The normalized spacial score (nSPS) is 18.0. The number of hydrogen-bond donors (Lipinski definition) is 1. The molecule has 1 aromatic rings. The van der Waals surface area contributed by atoms with Gasteiger partial charge in [-0.05, 0) is 31.3 Å². The molecule has 21 heavy (non-hydrogen) atoms. The largest absolute Gasteiger partial charge is 0.316 e. The molecular formula is C14H22FN3O2S. The first-order valence-corrected chi connectivity index (χ1v) is 8.58. The number of sulfonamides is 1. The molecule has 0 aromatic heterocycles. The number of likely N-dealkylation sites (N-methyl/N-ethyl adjacent to an activating group) is 1. The predicted molar refractivity (Wildman–Crippen MR) is 80.0 cm³/mol. The number of nitrogens with one attached hydrogen (secondary N) is 1. The van der Waals surface area contributed by atoms with E-state index in [1.165, 1.54) is 16.4 Å². The van der Waals surface area contributed by atoms with E-state index in [1.807, 2.05) is 0 Å². The molecule has 0 radical (unpaired) electrons. The molecule has 0 atom stereocenters. The molecule has 5 nitrogen and oxygen atoms in total. The van der Waals surface area contributed by atoms with Crippen molar-refractivity contribution in [1.29, 1.82) is 0 Å². The zero-order valence-electron chi connectivity index (χ0n) is 12.5. The number of piperazine rings is 1. The van der Waals surface area contributed by atoms with Crippen molar-refractivity contribution in [3.8, 4) is 0 Å². The van der Waals surface area contributed by atoms with Gasteiger partial charge >= 0.3 is 0 Å². The molecular weight excluding hydrogens is 293 g/mol. The molecule has 0 unspecified atom stereocenters. The molecule has 1 fully saturated rings. The number of halogens is 1. The Balaban J connectivity index is 2.29. The highest BCUT2D eigenvalue weighted by Gasteiger charge is 2.30. The maximum atomic E-state index is 13.5. The minimum absolute atomic E-state index is 0.0711. The second kappa shape index (κ2) is 6.83. The molecule has 0 aliphatic carbocycles. The number of hydrogen-bond acceptors (Lipinski definition) is 4. The minimum atomic E-state index is -3.64. The summed E-state index contributed by atoms with van der Waals surface area (Å²) in [6, 6.07) is 3.94. The third kappa shape index (κ3) is 3.60. The SMILES string of the molecule is CCN1CCN(S(=O)(=O)c2cc(F)ccc2CNC)CC1. The van der Waals surface area contributed by atoms with Gasteiger partial charge in [-0.3, -0.25) is 0 Å². The fourth-order valence-corrected chi connectivity index (χ4v) is 4.19. The molecule has 1 aliphatic heterocycles. The van der Waals surface area contributed by atoms with E-state index in [9.17, 15) is 12.8 Å². The van der Waals surface area contributed by atoms with E-state index in [2.05, 4.69) is 17.1 Å². The van der Waals surface area contributed by atoms with Crippen LogP contribution in [0.5, 0.6) is 0 Å². The topological polar surface area (TPSA) is 52.7 Å². The lowest BCUT2D eigenvalue weighted by atomic mass is 10.2. The van der Waals surface area contributed by atoms with E-state index < -0.39 is 15.8 Å². The molecule has 0 amide bonds. The van der Waals surface area contributed by atoms with Crippen molar-refractivity contribution in [1.82, 2.24) is 14.5 Å². The first-order chi connectivity index (χ1) is 9.98. The lowest BCUT2D eigenvalue weighted by Gasteiger charge is -2.33. The van der Waals surface area contributed by atoms with Crippen molar-refractivity contribution in [3.63, 3.8) is 0 Å². The van der Waals surface area contributed by atoms with Crippen molar-refractivity contribution in [3.05, 3.63) is 29.6 Å². The van der Waals surface area contributed by atoms with Crippen molar-refractivity contribution in [2.75, 3.05) is 39.8 Å². The van der Waals surface area contributed by atoms with Crippen molar-refractivity contribution in [2.24, 2.45) is 0 Å². The van der Waals surface area contributed by atoms with Gasteiger partial charge in [-0.15, -0.1) is 0 Å². The molecule has 0 saturated carbocycles. The summed E-state index contributed by atoms with van der Waals surface area (Å²) in [7, 11) is -1.91. The third-order valence-electron chi connectivity index (χ3n) is 3.79. The zero-order chi connectivity index (χ0) is 15.5. The van der Waals surface area contributed by atoms with E-state index in [4.69, 9.17) is 0 Å². The Kier molecular flexibility index (Phi) is 5.32. The van der Waals surface area contributed by atoms with Crippen LogP contribution in [0, 0.1) is 5.82 Å². The Morgan fingerprint density at radius 3 is 2.48 bits per heavy atom. The van der Waals surface area contributed by atoms with Crippen molar-refractivity contribution >= 4 is 10.0 Å². The summed E-state index contributed by atoms with van der Waals surface area (Å²) in [5, 5.41) is 2.92. The van der Waals surface area contributed by atoms with Gasteiger partial charge in [0.1, 0.15) is 5.82 Å². The van der Waals surface area contributed by atoms with Gasteiger partial charge in [0, 0.05) is 32.7 Å². The van der Waals surface area contributed by atoms with Crippen LogP contribution in [0.4, 0.5) is 4.39 Å². The molecule has 1 aliphatic rings. The van der Waals surface area contributed by atoms with Crippen LogP contribution in [0.25, 0.3) is 0 Å². The first-order valence-electron chi connectivity index (χ1n) is 7.14. The smallest absolute Gasteiger partial charge is 0.243 e. The van der Waals surface area contributed by atoms with Gasteiger partial charge in [0.15, 0.2) is 0 Å².